The number of carbonyl (C=O) groups is 2. The van der Waals surface area contributed by atoms with E-state index in [1.165, 1.54) is 24.3 Å². The SMILES string of the molecule is O=C1C(Sc2nc3ccccc3o2)=C(Sc2nc3ccccc3o2)C(=O)N1c1ccc([N+](=O)[O-])cc1. The van der Waals surface area contributed by atoms with Crippen LogP contribution in [0.15, 0.2) is 102 Å². The van der Waals surface area contributed by atoms with Crippen LogP contribution in [0.4, 0.5) is 11.4 Å². The van der Waals surface area contributed by atoms with Crippen molar-refractivity contribution in [3.05, 3.63) is 92.7 Å². The molecule has 12 heteroatoms. The lowest BCUT2D eigenvalue weighted by Gasteiger charge is -2.14. The summed E-state index contributed by atoms with van der Waals surface area (Å²) in [5.74, 6) is -1.22. The van der Waals surface area contributed by atoms with Crippen LogP contribution in [0.25, 0.3) is 22.2 Å². The molecule has 0 spiro atoms. The van der Waals surface area contributed by atoms with Crippen molar-refractivity contribution in [1.29, 1.82) is 0 Å². The van der Waals surface area contributed by atoms with Gasteiger partial charge in [0, 0.05) is 12.1 Å². The Morgan fingerprint density at radius 2 is 1.19 bits per heavy atom. The summed E-state index contributed by atoms with van der Waals surface area (Å²) in [7, 11) is 0. The van der Waals surface area contributed by atoms with Crippen LogP contribution < -0.4 is 4.90 Å². The molecule has 5 aromatic rings. The average Bonchev–Trinajstić information content (AvgIpc) is 3.54. The Bertz CT molecular complexity index is 1560. The van der Waals surface area contributed by atoms with Crippen LogP contribution >= 0.6 is 23.5 Å². The van der Waals surface area contributed by atoms with E-state index in [0.717, 1.165) is 28.4 Å². The van der Waals surface area contributed by atoms with Gasteiger partial charge in [-0.05, 0) is 59.9 Å². The lowest BCUT2D eigenvalue weighted by atomic mass is 10.2. The summed E-state index contributed by atoms with van der Waals surface area (Å²) >= 11 is 1.84. The zero-order chi connectivity index (χ0) is 24.8. The molecule has 1 aliphatic heterocycles. The molecule has 10 nitrogen and oxygen atoms in total. The fraction of sp³-hybridized carbons (Fsp3) is 0. The van der Waals surface area contributed by atoms with Gasteiger partial charge >= 0.3 is 0 Å². The quantitative estimate of drug-likeness (QED) is 0.161. The number of para-hydroxylation sites is 4. The number of hydrogen-bond acceptors (Lipinski definition) is 10. The maximum atomic E-state index is 13.5. The van der Waals surface area contributed by atoms with Crippen LogP contribution in [-0.4, -0.2) is 26.7 Å². The molecule has 0 N–H and O–H groups in total. The van der Waals surface area contributed by atoms with Crippen molar-refractivity contribution in [3.63, 3.8) is 0 Å². The predicted octanol–water partition coefficient (Wildman–Crippen LogP) is 5.55. The maximum absolute atomic E-state index is 13.5. The number of fused-ring (bicyclic) bond motifs is 2. The molecule has 176 valence electrons. The summed E-state index contributed by atoms with van der Waals surface area (Å²) in [6.07, 6.45) is 0. The molecule has 0 radical (unpaired) electrons. The molecule has 2 amide bonds. The number of nitro benzene ring substituents is 1. The lowest BCUT2D eigenvalue weighted by Crippen LogP contribution is -2.31. The van der Waals surface area contributed by atoms with Crippen molar-refractivity contribution in [1.82, 2.24) is 9.97 Å². The topological polar surface area (TPSA) is 133 Å². The van der Waals surface area contributed by atoms with Crippen LogP contribution in [0.2, 0.25) is 0 Å². The van der Waals surface area contributed by atoms with Gasteiger partial charge in [-0.25, -0.2) is 14.9 Å². The molecule has 3 heterocycles. The normalized spacial score (nSPS) is 13.9. The minimum Gasteiger partial charge on any atom is -0.431 e. The van der Waals surface area contributed by atoms with E-state index in [-0.39, 0.29) is 31.6 Å². The van der Waals surface area contributed by atoms with Crippen molar-refractivity contribution in [2.75, 3.05) is 4.90 Å². The van der Waals surface area contributed by atoms with Crippen LogP contribution in [0.1, 0.15) is 0 Å². The van der Waals surface area contributed by atoms with Gasteiger partial charge in [-0.1, -0.05) is 24.3 Å². The summed E-state index contributed by atoms with van der Waals surface area (Å²) in [5.41, 5.74) is 2.33. The van der Waals surface area contributed by atoms with Crippen LogP contribution in [0.3, 0.4) is 0 Å². The fourth-order valence-corrected chi connectivity index (χ4v) is 5.46. The number of anilines is 1. The summed E-state index contributed by atoms with van der Waals surface area (Å²) in [5, 5.41) is 11.4. The van der Waals surface area contributed by atoms with E-state index in [0.29, 0.717) is 22.2 Å². The smallest absolute Gasteiger partial charge is 0.273 e. The number of oxazole rings is 2. The fourth-order valence-electron chi connectivity index (χ4n) is 3.59. The average molecular weight is 517 g/mol. The van der Waals surface area contributed by atoms with Gasteiger partial charge < -0.3 is 8.83 Å². The summed E-state index contributed by atoms with van der Waals surface area (Å²) in [6.45, 7) is 0. The first-order valence-electron chi connectivity index (χ1n) is 10.4. The van der Waals surface area contributed by atoms with Crippen molar-refractivity contribution in [3.8, 4) is 0 Å². The Kier molecular flexibility index (Phi) is 5.31. The van der Waals surface area contributed by atoms with Gasteiger partial charge in [0.25, 0.3) is 27.9 Å². The molecule has 0 fully saturated rings. The third-order valence-corrected chi connectivity index (χ3v) is 7.24. The molecule has 0 atom stereocenters. The molecule has 0 aliphatic carbocycles. The van der Waals surface area contributed by atoms with Gasteiger partial charge in [-0.2, -0.15) is 0 Å². The van der Waals surface area contributed by atoms with Gasteiger partial charge in [0.2, 0.25) is 0 Å². The Morgan fingerprint density at radius 3 is 1.64 bits per heavy atom. The number of nitrogens with zero attached hydrogens (tertiary/aromatic N) is 4. The van der Waals surface area contributed by atoms with Gasteiger partial charge in [-0.15, -0.1) is 0 Å². The third-order valence-electron chi connectivity index (χ3n) is 5.25. The zero-order valence-corrected chi connectivity index (χ0v) is 19.6. The summed E-state index contributed by atoms with van der Waals surface area (Å²) < 4.78 is 11.5. The Labute approximate surface area is 210 Å². The molecule has 0 bridgehead atoms. The number of thioether (sulfide) groups is 2. The third kappa shape index (κ3) is 3.82. The van der Waals surface area contributed by atoms with Crippen molar-refractivity contribution >= 4 is 68.9 Å². The standard InChI is InChI=1S/C24H12N4O6S2/c29-21-19(35-23-25-15-5-1-3-7-17(15)33-23)20(36-24-26-16-6-2-4-8-18(16)34-24)22(30)27(21)13-9-11-14(12-10-13)28(31)32/h1-12H. The molecule has 0 unspecified atom stereocenters. The molecule has 6 rings (SSSR count). The Hall–Kier alpha value is -4.42. The van der Waals surface area contributed by atoms with E-state index >= 15 is 0 Å². The first-order valence-corrected chi connectivity index (χ1v) is 12.1. The molecular formula is C24H12N4O6S2. The first-order chi connectivity index (χ1) is 17.5. The number of imide groups is 1. The van der Waals surface area contributed by atoms with E-state index < -0.39 is 16.7 Å². The zero-order valence-electron chi connectivity index (χ0n) is 18.0. The molecule has 1 aliphatic rings. The number of rotatable bonds is 6. The van der Waals surface area contributed by atoms with Gasteiger partial charge in [-0.3, -0.25) is 19.7 Å². The number of hydrogen-bond donors (Lipinski definition) is 0. The Balaban J connectivity index is 1.40. The highest BCUT2D eigenvalue weighted by molar-refractivity contribution is 8.08. The first kappa shape index (κ1) is 22.1. The summed E-state index contributed by atoms with van der Waals surface area (Å²) in [6, 6.07) is 19.4. The summed E-state index contributed by atoms with van der Waals surface area (Å²) in [4.78, 5) is 47.4. The number of amides is 2. The molecule has 36 heavy (non-hydrogen) atoms. The highest BCUT2D eigenvalue weighted by atomic mass is 32.2. The Morgan fingerprint density at radius 1 is 0.722 bits per heavy atom. The number of aromatic nitrogens is 2. The highest BCUT2D eigenvalue weighted by Gasteiger charge is 2.42. The maximum Gasteiger partial charge on any atom is 0.273 e. The van der Waals surface area contributed by atoms with Crippen LogP contribution in [0.5, 0.6) is 0 Å². The van der Waals surface area contributed by atoms with Crippen molar-refractivity contribution in [2.45, 2.75) is 10.4 Å². The molecular weight excluding hydrogens is 504 g/mol. The lowest BCUT2D eigenvalue weighted by molar-refractivity contribution is -0.384. The second-order valence-electron chi connectivity index (χ2n) is 7.48. The molecule has 3 aromatic carbocycles. The monoisotopic (exact) mass is 516 g/mol. The molecule has 0 saturated heterocycles. The van der Waals surface area contributed by atoms with Crippen LogP contribution in [-0.2, 0) is 9.59 Å². The van der Waals surface area contributed by atoms with Crippen molar-refractivity contribution in [2.24, 2.45) is 0 Å². The molecule has 0 saturated carbocycles. The minimum atomic E-state index is -0.611. The van der Waals surface area contributed by atoms with E-state index in [4.69, 9.17) is 8.83 Å². The van der Waals surface area contributed by atoms with E-state index in [9.17, 15) is 19.7 Å². The van der Waals surface area contributed by atoms with E-state index in [1.54, 1.807) is 36.4 Å². The highest BCUT2D eigenvalue weighted by Crippen LogP contribution is 2.44. The predicted molar refractivity (Wildman–Crippen MR) is 132 cm³/mol. The number of nitro groups is 1. The largest absolute Gasteiger partial charge is 0.431 e. The second kappa shape index (κ2) is 8.66. The van der Waals surface area contributed by atoms with Gasteiger partial charge in [0.05, 0.1) is 10.6 Å². The van der Waals surface area contributed by atoms with Gasteiger partial charge in [0.15, 0.2) is 11.2 Å². The second-order valence-corrected chi connectivity index (χ2v) is 9.40. The van der Waals surface area contributed by atoms with Crippen molar-refractivity contribution < 1.29 is 23.3 Å². The van der Waals surface area contributed by atoms with E-state index in [2.05, 4.69) is 9.97 Å². The van der Waals surface area contributed by atoms with Gasteiger partial charge in [0.1, 0.15) is 20.8 Å². The van der Waals surface area contributed by atoms with E-state index in [1.807, 2.05) is 12.1 Å². The minimum absolute atomic E-state index is 0.0807. The number of non-ortho nitro benzene ring substituents is 1. The number of benzene rings is 3. The molecule has 2 aromatic heterocycles. The van der Waals surface area contributed by atoms with Crippen LogP contribution in [0, 0.1) is 10.1 Å². The number of carbonyl (C=O) groups excluding carboxylic acids is 2.